The molecular weight excluding hydrogens is 214 g/mol. The van der Waals surface area contributed by atoms with Crippen LogP contribution >= 0.6 is 0 Å². The Kier molecular flexibility index (Phi) is 2.16. The SMILES string of the molecule is CN1C(=O)CCN1c1ccc(C2(N)CC2)cc1. The highest BCUT2D eigenvalue weighted by molar-refractivity contribution is 5.81. The quantitative estimate of drug-likeness (QED) is 0.832. The topological polar surface area (TPSA) is 49.6 Å². The summed E-state index contributed by atoms with van der Waals surface area (Å²) in [6, 6.07) is 8.27. The van der Waals surface area contributed by atoms with Crippen LogP contribution in [0.3, 0.4) is 0 Å². The molecule has 90 valence electrons. The van der Waals surface area contributed by atoms with Crippen LogP contribution in [0.15, 0.2) is 24.3 Å². The molecule has 1 aliphatic heterocycles. The number of carbonyl (C=O) groups excluding carboxylic acids is 1. The van der Waals surface area contributed by atoms with Crippen LogP contribution < -0.4 is 10.7 Å². The maximum Gasteiger partial charge on any atom is 0.242 e. The first-order valence-corrected chi connectivity index (χ1v) is 6.04. The predicted octanol–water partition coefficient (Wildman–Crippen LogP) is 1.22. The summed E-state index contributed by atoms with van der Waals surface area (Å²) >= 11 is 0. The molecule has 1 aromatic carbocycles. The molecule has 2 N–H and O–H groups in total. The standard InChI is InChI=1S/C13H17N3O/c1-15-12(17)6-9-16(15)11-4-2-10(3-5-11)13(14)7-8-13/h2-5H,6-9,14H2,1H3. The molecule has 3 rings (SSSR count). The number of nitrogens with zero attached hydrogens (tertiary/aromatic N) is 2. The third-order valence-corrected chi connectivity index (χ3v) is 3.79. The van der Waals surface area contributed by atoms with Crippen LogP contribution in [-0.4, -0.2) is 24.5 Å². The highest BCUT2D eigenvalue weighted by atomic mass is 16.2. The van der Waals surface area contributed by atoms with Crippen LogP contribution in [0.4, 0.5) is 5.69 Å². The van der Waals surface area contributed by atoms with Crippen molar-refractivity contribution in [1.82, 2.24) is 5.01 Å². The molecule has 1 amide bonds. The Hall–Kier alpha value is -1.55. The summed E-state index contributed by atoms with van der Waals surface area (Å²) in [6.45, 7) is 0.766. The van der Waals surface area contributed by atoms with E-state index in [1.54, 1.807) is 5.01 Å². The Morgan fingerprint density at radius 1 is 1.24 bits per heavy atom. The molecule has 0 radical (unpaired) electrons. The molecule has 1 heterocycles. The Labute approximate surface area is 101 Å². The number of nitrogens with two attached hydrogens (primary N) is 1. The van der Waals surface area contributed by atoms with Crippen molar-refractivity contribution in [2.45, 2.75) is 24.8 Å². The van der Waals surface area contributed by atoms with E-state index in [0.29, 0.717) is 6.42 Å². The molecule has 0 aromatic heterocycles. The lowest BCUT2D eigenvalue weighted by molar-refractivity contribution is -0.126. The summed E-state index contributed by atoms with van der Waals surface area (Å²) in [5, 5.41) is 3.69. The summed E-state index contributed by atoms with van der Waals surface area (Å²) in [4.78, 5) is 11.5. The van der Waals surface area contributed by atoms with E-state index >= 15 is 0 Å². The Balaban J connectivity index is 1.83. The van der Waals surface area contributed by atoms with Gasteiger partial charge < -0.3 is 5.73 Å². The molecule has 0 bridgehead atoms. The Bertz CT molecular complexity index is 450. The van der Waals surface area contributed by atoms with E-state index in [-0.39, 0.29) is 11.4 Å². The second-order valence-corrected chi connectivity index (χ2v) is 4.99. The van der Waals surface area contributed by atoms with Crippen LogP contribution in [0.2, 0.25) is 0 Å². The van der Waals surface area contributed by atoms with Crippen LogP contribution in [0, 0.1) is 0 Å². The molecule has 17 heavy (non-hydrogen) atoms. The molecule has 1 aromatic rings. The van der Waals surface area contributed by atoms with E-state index in [0.717, 1.165) is 25.1 Å². The molecule has 2 fully saturated rings. The zero-order valence-corrected chi connectivity index (χ0v) is 10.0. The van der Waals surface area contributed by atoms with Gasteiger partial charge in [-0.15, -0.1) is 0 Å². The van der Waals surface area contributed by atoms with Gasteiger partial charge in [-0.2, -0.15) is 0 Å². The van der Waals surface area contributed by atoms with E-state index in [4.69, 9.17) is 5.73 Å². The van der Waals surface area contributed by atoms with Gasteiger partial charge in [-0.25, -0.2) is 0 Å². The predicted molar refractivity (Wildman–Crippen MR) is 66.3 cm³/mol. The zero-order valence-electron chi connectivity index (χ0n) is 10.0. The number of hydrazine groups is 1. The van der Waals surface area contributed by atoms with Gasteiger partial charge in [0.05, 0.1) is 5.69 Å². The summed E-state index contributed by atoms with van der Waals surface area (Å²) in [5.74, 6) is 0.173. The first-order valence-electron chi connectivity index (χ1n) is 6.04. The fourth-order valence-electron chi connectivity index (χ4n) is 2.34. The molecule has 0 spiro atoms. The van der Waals surface area contributed by atoms with E-state index in [2.05, 4.69) is 24.3 Å². The fourth-order valence-corrected chi connectivity index (χ4v) is 2.34. The van der Waals surface area contributed by atoms with E-state index in [1.165, 1.54) is 5.56 Å². The number of hydrogen-bond donors (Lipinski definition) is 1. The van der Waals surface area contributed by atoms with Gasteiger partial charge in [0.25, 0.3) is 0 Å². The highest BCUT2D eigenvalue weighted by Crippen LogP contribution is 2.43. The van der Waals surface area contributed by atoms with E-state index in [1.807, 2.05) is 12.1 Å². The summed E-state index contributed by atoms with van der Waals surface area (Å²) in [5.41, 5.74) is 8.33. The monoisotopic (exact) mass is 231 g/mol. The first kappa shape index (κ1) is 10.6. The number of hydrogen-bond acceptors (Lipinski definition) is 3. The molecule has 4 heteroatoms. The van der Waals surface area contributed by atoms with Crippen molar-refractivity contribution >= 4 is 11.6 Å². The van der Waals surface area contributed by atoms with E-state index < -0.39 is 0 Å². The fraction of sp³-hybridized carbons (Fsp3) is 0.462. The highest BCUT2D eigenvalue weighted by Gasteiger charge is 2.39. The molecular formula is C13H17N3O. The smallest absolute Gasteiger partial charge is 0.242 e. The number of carbonyl (C=O) groups is 1. The largest absolute Gasteiger partial charge is 0.321 e. The van der Waals surface area contributed by atoms with Crippen molar-refractivity contribution in [3.05, 3.63) is 29.8 Å². The number of anilines is 1. The average molecular weight is 231 g/mol. The van der Waals surface area contributed by atoms with Crippen LogP contribution in [-0.2, 0) is 10.3 Å². The van der Waals surface area contributed by atoms with Gasteiger partial charge in [0.15, 0.2) is 0 Å². The van der Waals surface area contributed by atoms with Crippen molar-refractivity contribution < 1.29 is 4.79 Å². The minimum Gasteiger partial charge on any atom is -0.321 e. The van der Waals surface area contributed by atoms with E-state index in [9.17, 15) is 4.79 Å². The number of rotatable bonds is 2. The average Bonchev–Trinajstić information content (AvgIpc) is 3.00. The van der Waals surface area contributed by atoms with Gasteiger partial charge in [-0.3, -0.25) is 14.8 Å². The summed E-state index contributed by atoms with van der Waals surface area (Å²) in [6.07, 6.45) is 2.75. The minimum atomic E-state index is -0.0781. The van der Waals surface area contributed by atoms with Crippen molar-refractivity contribution in [2.75, 3.05) is 18.6 Å². The maximum absolute atomic E-state index is 11.5. The van der Waals surface area contributed by atoms with Crippen molar-refractivity contribution in [1.29, 1.82) is 0 Å². The van der Waals surface area contributed by atoms with Gasteiger partial charge in [0.2, 0.25) is 5.91 Å². The molecule has 2 aliphatic rings. The number of amides is 1. The first-order chi connectivity index (χ1) is 8.10. The molecule has 4 nitrogen and oxygen atoms in total. The summed E-state index contributed by atoms with van der Waals surface area (Å²) in [7, 11) is 1.81. The summed E-state index contributed by atoms with van der Waals surface area (Å²) < 4.78 is 0. The van der Waals surface area contributed by atoms with Crippen LogP contribution in [0.25, 0.3) is 0 Å². The van der Waals surface area contributed by atoms with Crippen molar-refractivity contribution in [3.63, 3.8) is 0 Å². The van der Waals surface area contributed by atoms with Gasteiger partial charge in [0.1, 0.15) is 0 Å². The maximum atomic E-state index is 11.5. The van der Waals surface area contributed by atoms with Gasteiger partial charge >= 0.3 is 0 Å². The van der Waals surface area contributed by atoms with Crippen LogP contribution in [0.1, 0.15) is 24.8 Å². The van der Waals surface area contributed by atoms with Gasteiger partial charge in [-0.1, -0.05) is 12.1 Å². The zero-order chi connectivity index (χ0) is 12.0. The van der Waals surface area contributed by atoms with Crippen molar-refractivity contribution in [3.8, 4) is 0 Å². The molecule has 0 atom stereocenters. The van der Waals surface area contributed by atoms with Crippen molar-refractivity contribution in [2.24, 2.45) is 5.73 Å². The second-order valence-electron chi connectivity index (χ2n) is 4.99. The lowest BCUT2D eigenvalue weighted by Crippen LogP contribution is -2.35. The van der Waals surface area contributed by atoms with Crippen LogP contribution in [0.5, 0.6) is 0 Å². The molecule has 0 unspecified atom stereocenters. The van der Waals surface area contributed by atoms with Gasteiger partial charge in [-0.05, 0) is 30.5 Å². The normalized spacial score (nSPS) is 22.1. The van der Waals surface area contributed by atoms with Gasteiger partial charge in [0, 0.05) is 25.6 Å². The molecule has 1 aliphatic carbocycles. The Morgan fingerprint density at radius 2 is 1.88 bits per heavy atom. The third kappa shape index (κ3) is 1.69. The number of benzene rings is 1. The minimum absolute atomic E-state index is 0.0781. The lowest BCUT2D eigenvalue weighted by Gasteiger charge is -2.26. The second kappa shape index (κ2) is 3.47. The molecule has 1 saturated heterocycles. The Morgan fingerprint density at radius 3 is 2.35 bits per heavy atom. The lowest BCUT2D eigenvalue weighted by atomic mass is 10.1. The third-order valence-electron chi connectivity index (χ3n) is 3.79. The molecule has 1 saturated carbocycles.